The van der Waals surface area contributed by atoms with Gasteiger partial charge in [0.05, 0.1) is 0 Å². The number of hydrogen-bond donors (Lipinski definition) is 0. The molecule has 0 nitrogen and oxygen atoms in total. The topological polar surface area (TPSA) is 0 Å². The molecule has 0 saturated carbocycles. The van der Waals surface area contributed by atoms with Crippen LogP contribution in [0.3, 0.4) is 0 Å². The smallest absolute Gasteiger partial charge is 0.0102 e. The van der Waals surface area contributed by atoms with Crippen LogP contribution < -0.4 is 0 Å². The highest BCUT2D eigenvalue weighted by Gasteiger charge is 2.23. The molecule has 0 bridgehead atoms. The van der Waals surface area contributed by atoms with E-state index < -0.39 is 0 Å². The molecule has 0 heteroatoms. The van der Waals surface area contributed by atoms with Crippen molar-refractivity contribution in [1.29, 1.82) is 0 Å². The Bertz CT molecular complexity index is 332. The first-order valence-corrected chi connectivity index (χ1v) is 5.24. The maximum Gasteiger partial charge on any atom is 0.0102 e. The molecule has 0 spiro atoms. The molecule has 0 aliphatic heterocycles. The van der Waals surface area contributed by atoms with Crippen molar-refractivity contribution in [2.45, 2.75) is 39.5 Å². The lowest BCUT2D eigenvalue weighted by atomic mass is 9.76. The molecule has 0 aliphatic rings. The van der Waals surface area contributed by atoms with Crippen molar-refractivity contribution in [2.24, 2.45) is 0 Å². The zero-order valence-corrected chi connectivity index (χ0v) is 9.72. The Morgan fingerprint density at radius 1 is 1.29 bits per heavy atom. The van der Waals surface area contributed by atoms with Crippen molar-refractivity contribution in [2.75, 3.05) is 0 Å². The predicted molar refractivity (Wildman–Crippen MR) is 63.7 cm³/mol. The molecule has 76 valence electrons. The van der Waals surface area contributed by atoms with Crippen molar-refractivity contribution in [1.82, 2.24) is 0 Å². The minimum Gasteiger partial charge on any atom is -0.0993 e. The van der Waals surface area contributed by atoms with Crippen LogP contribution in [0, 0.1) is 0 Å². The average molecular weight is 188 g/mol. The van der Waals surface area contributed by atoms with Crippen LogP contribution in [0.2, 0.25) is 0 Å². The summed E-state index contributed by atoms with van der Waals surface area (Å²) in [6.07, 6.45) is 1.09. The second-order valence-corrected chi connectivity index (χ2v) is 4.42. The van der Waals surface area contributed by atoms with E-state index in [0.29, 0.717) is 0 Å². The Balaban J connectivity index is 3.24. The fourth-order valence-electron chi connectivity index (χ4n) is 1.67. The largest absolute Gasteiger partial charge is 0.0993 e. The summed E-state index contributed by atoms with van der Waals surface area (Å²) in [5.41, 5.74) is 4.15. The number of aryl methyl sites for hydroxylation is 1. The summed E-state index contributed by atoms with van der Waals surface area (Å²) in [6.45, 7) is 12.9. The molecule has 0 saturated heterocycles. The van der Waals surface area contributed by atoms with Crippen molar-refractivity contribution in [3.05, 3.63) is 47.5 Å². The van der Waals surface area contributed by atoms with E-state index in [9.17, 15) is 0 Å². The van der Waals surface area contributed by atoms with Gasteiger partial charge in [0, 0.05) is 5.41 Å². The minimum atomic E-state index is 0.0899. The van der Waals surface area contributed by atoms with E-state index in [4.69, 9.17) is 0 Å². The van der Waals surface area contributed by atoms with E-state index in [1.54, 1.807) is 0 Å². The SMILES string of the molecule is C=C(C)C(C)(C)c1ccccc1CC. The zero-order valence-electron chi connectivity index (χ0n) is 9.72. The molecular weight excluding hydrogens is 168 g/mol. The third-order valence-corrected chi connectivity index (χ3v) is 3.14. The Morgan fingerprint density at radius 3 is 2.36 bits per heavy atom. The lowest BCUT2D eigenvalue weighted by molar-refractivity contribution is 0.618. The number of benzene rings is 1. The van der Waals surface area contributed by atoms with Gasteiger partial charge in [-0.3, -0.25) is 0 Å². The molecule has 1 rings (SSSR count). The summed E-state index contributed by atoms with van der Waals surface area (Å²) in [5, 5.41) is 0. The Hall–Kier alpha value is -1.04. The van der Waals surface area contributed by atoms with E-state index >= 15 is 0 Å². The van der Waals surface area contributed by atoms with E-state index in [1.165, 1.54) is 16.7 Å². The van der Waals surface area contributed by atoms with Crippen LogP contribution in [-0.2, 0) is 11.8 Å². The maximum absolute atomic E-state index is 4.08. The first kappa shape index (κ1) is 11.0. The molecule has 1 aromatic carbocycles. The van der Waals surface area contributed by atoms with Gasteiger partial charge in [-0.25, -0.2) is 0 Å². The van der Waals surface area contributed by atoms with Gasteiger partial charge in [-0.2, -0.15) is 0 Å². The Morgan fingerprint density at radius 2 is 1.86 bits per heavy atom. The van der Waals surface area contributed by atoms with E-state index in [-0.39, 0.29) is 5.41 Å². The second kappa shape index (κ2) is 4.00. The monoisotopic (exact) mass is 188 g/mol. The Labute approximate surface area is 87.7 Å². The number of rotatable bonds is 3. The van der Waals surface area contributed by atoms with Crippen LogP contribution in [0.15, 0.2) is 36.4 Å². The van der Waals surface area contributed by atoms with Crippen LogP contribution in [0.1, 0.15) is 38.8 Å². The summed E-state index contributed by atoms with van der Waals surface area (Å²) in [7, 11) is 0. The van der Waals surface area contributed by atoms with Gasteiger partial charge >= 0.3 is 0 Å². The Kier molecular flexibility index (Phi) is 3.15. The molecule has 0 aromatic heterocycles. The van der Waals surface area contributed by atoms with Crippen LogP contribution in [0.25, 0.3) is 0 Å². The minimum absolute atomic E-state index is 0.0899. The molecule has 1 aromatic rings. The summed E-state index contributed by atoms with van der Waals surface area (Å²) in [5.74, 6) is 0. The predicted octanol–water partition coefficient (Wildman–Crippen LogP) is 4.10. The van der Waals surface area contributed by atoms with E-state index in [1.807, 2.05) is 0 Å². The molecule has 0 atom stereocenters. The maximum atomic E-state index is 4.08. The van der Waals surface area contributed by atoms with Crippen LogP contribution in [0.5, 0.6) is 0 Å². The van der Waals surface area contributed by atoms with Crippen LogP contribution in [-0.4, -0.2) is 0 Å². The van der Waals surface area contributed by atoms with Crippen molar-refractivity contribution < 1.29 is 0 Å². The van der Waals surface area contributed by atoms with Gasteiger partial charge in [-0.1, -0.05) is 57.2 Å². The molecule has 0 N–H and O–H groups in total. The lowest BCUT2D eigenvalue weighted by Gasteiger charge is -2.28. The first-order chi connectivity index (χ1) is 6.50. The average Bonchev–Trinajstić information content (AvgIpc) is 2.17. The quantitative estimate of drug-likeness (QED) is 0.626. The highest BCUT2D eigenvalue weighted by atomic mass is 14.3. The van der Waals surface area contributed by atoms with Gasteiger partial charge < -0.3 is 0 Å². The summed E-state index contributed by atoms with van der Waals surface area (Å²) in [4.78, 5) is 0. The van der Waals surface area contributed by atoms with Crippen LogP contribution in [0.4, 0.5) is 0 Å². The first-order valence-electron chi connectivity index (χ1n) is 5.24. The van der Waals surface area contributed by atoms with Gasteiger partial charge in [0.1, 0.15) is 0 Å². The summed E-state index contributed by atoms with van der Waals surface area (Å²) in [6, 6.07) is 8.64. The molecular formula is C14H20. The summed E-state index contributed by atoms with van der Waals surface area (Å²) < 4.78 is 0. The molecule has 0 unspecified atom stereocenters. The van der Waals surface area contributed by atoms with Crippen molar-refractivity contribution in [3.63, 3.8) is 0 Å². The zero-order chi connectivity index (χ0) is 10.8. The van der Waals surface area contributed by atoms with Gasteiger partial charge in [-0.05, 0) is 24.5 Å². The van der Waals surface area contributed by atoms with Gasteiger partial charge in [-0.15, -0.1) is 0 Å². The number of allylic oxidation sites excluding steroid dienone is 1. The molecule has 0 fully saturated rings. The fraction of sp³-hybridized carbons (Fsp3) is 0.429. The normalized spacial score (nSPS) is 11.4. The standard InChI is InChI=1S/C14H20/c1-6-12-9-7-8-10-13(12)14(4,5)11(2)3/h7-10H,2,6H2,1,3-5H3. The van der Waals surface area contributed by atoms with E-state index in [0.717, 1.165) is 6.42 Å². The van der Waals surface area contributed by atoms with E-state index in [2.05, 4.69) is 58.5 Å². The third-order valence-electron chi connectivity index (χ3n) is 3.14. The van der Waals surface area contributed by atoms with Gasteiger partial charge in [0.2, 0.25) is 0 Å². The van der Waals surface area contributed by atoms with Gasteiger partial charge in [0.15, 0.2) is 0 Å². The van der Waals surface area contributed by atoms with Crippen LogP contribution >= 0.6 is 0 Å². The number of hydrogen-bond acceptors (Lipinski definition) is 0. The second-order valence-electron chi connectivity index (χ2n) is 4.42. The molecule has 0 aliphatic carbocycles. The lowest BCUT2D eigenvalue weighted by Crippen LogP contribution is -2.19. The third kappa shape index (κ3) is 1.89. The fourth-order valence-corrected chi connectivity index (χ4v) is 1.67. The molecule has 0 radical (unpaired) electrons. The highest BCUT2D eigenvalue weighted by Crippen LogP contribution is 2.32. The molecule has 0 heterocycles. The molecule has 0 amide bonds. The summed E-state index contributed by atoms with van der Waals surface area (Å²) >= 11 is 0. The molecule has 14 heavy (non-hydrogen) atoms. The highest BCUT2D eigenvalue weighted by molar-refractivity contribution is 5.38. The van der Waals surface area contributed by atoms with Gasteiger partial charge in [0.25, 0.3) is 0 Å². The van der Waals surface area contributed by atoms with Crippen molar-refractivity contribution in [3.8, 4) is 0 Å². The van der Waals surface area contributed by atoms with Crippen molar-refractivity contribution >= 4 is 0 Å².